The molecule has 24 heavy (non-hydrogen) atoms. The lowest BCUT2D eigenvalue weighted by molar-refractivity contribution is -0.137. The SMILES string of the molecule is O=C(O)CCc1nc(-c2ccccc2)c(-c2cc(F)cc(F)c2)o1. The molecule has 1 heterocycles. The molecule has 1 N–H and O–H groups in total. The Bertz CT molecular complexity index is 855. The topological polar surface area (TPSA) is 63.3 Å². The van der Waals surface area contributed by atoms with E-state index in [-0.39, 0.29) is 30.1 Å². The van der Waals surface area contributed by atoms with Crippen LogP contribution in [0.25, 0.3) is 22.6 Å². The van der Waals surface area contributed by atoms with Crippen molar-refractivity contribution in [2.24, 2.45) is 0 Å². The third-order valence-electron chi connectivity index (χ3n) is 3.40. The molecule has 0 saturated heterocycles. The second-order valence-corrected chi connectivity index (χ2v) is 5.20. The lowest BCUT2D eigenvalue weighted by atomic mass is 10.1. The van der Waals surface area contributed by atoms with Gasteiger partial charge in [0.15, 0.2) is 11.7 Å². The molecule has 6 heteroatoms. The molecule has 0 aliphatic carbocycles. The summed E-state index contributed by atoms with van der Waals surface area (Å²) in [6.07, 6.45) is -0.0569. The van der Waals surface area contributed by atoms with Crippen LogP contribution in [0, 0.1) is 11.6 Å². The van der Waals surface area contributed by atoms with E-state index in [1.54, 1.807) is 24.3 Å². The van der Waals surface area contributed by atoms with Gasteiger partial charge in [-0.05, 0) is 12.1 Å². The van der Waals surface area contributed by atoms with Gasteiger partial charge in [-0.1, -0.05) is 30.3 Å². The molecule has 0 aliphatic heterocycles. The van der Waals surface area contributed by atoms with E-state index in [0.29, 0.717) is 11.3 Å². The Hall–Kier alpha value is -3.02. The van der Waals surface area contributed by atoms with Gasteiger partial charge in [-0.2, -0.15) is 0 Å². The molecular weight excluding hydrogens is 316 g/mol. The number of nitrogens with zero attached hydrogens (tertiary/aromatic N) is 1. The Kier molecular flexibility index (Phi) is 4.37. The lowest BCUT2D eigenvalue weighted by Gasteiger charge is -2.02. The molecule has 0 unspecified atom stereocenters. The number of aliphatic carboxylic acids is 1. The minimum absolute atomic E-state index is 0.0902. The smallest absolute Gasteiger partial charge is 0.303 e. The Morgan fingerprint density at radius 3 is 2.33 bits per heavy atom. The van der Waals surface area contributed by atoms with E-state index in [0.717, 1.165) is 18.2 Å². The number of oxazole rings is 1. The van der Waals surface area contributed by atoms with Gasteiger partial charge >= 0.3 is 5.97 Å². The van der Waals surface area contributed by atoms with Crippen molar-refractivity contribution in [3.63, 3.8) is 0 Å². The summed E-state index contributed by atoms with van der Waals surface area (Å²) in [6, 6.07) is 12.1. The average Bonchev–Trinajstić information content (AvgIpc) is 2.97. The van der Waals surface area contributed by atoms with Crippen LogP contribution in [0.4, 0.5) is 8.78 Å². The number of carboxylic acid groups (broad SMARTS) is 1. The quantitative estimate of drug-likeness (QED) is 0.758. The molecule has 4 nitrogen and oxygen atoms in total. The number of benzene rings is 2. The molecule has 122 valence electrons. The van der Waals surface area contributed by atoms with Gasteiger partial charge in [0, 0.05) is 23.6 Å². The van der Waals surface area contributed by atoms with Crippen molar-refractivity contribution in [2.45, 2.75) is 12.8 Å². The zero-order chi connectivity index (χ0) is 17.1. The van der Waals surface area contributed by atoms with E-state index in [1.165, 1.54) is 0 Å². The lowest BCUT2D eigenvalue weighted by Crippen LogP contribution is -1.97. The molecule has 3 rings (SSSR count). The van der Waals surface area contributed by atoms with Crippen LogP contribution in [0.1, 0.15) is 12.3 Å². The van der Waals surface area contributed by atoms with E-state index < -0.39 is 17.6 Å². The second-order valence-electron chi connectivity index (χ2n) is 5.20. The maximum absolute atomic E-state index is 13.5. The fourth-order valence-corrected chi connectivity index (χ4v) is 2.36. The highest BCUT2D eigenvalue weighted by atomic mass is 19.1. The second kappa shape index (κ2) is 6.62. The maximum Gasteiger partial charge on any atom is 0.303 e. The number of carboxylic acids is 1. The monoisotopic (exact) mass is 329 g/mol. The van der Waals surface area contributed by atoms with Gasteiger partial charge in [-0.15, -0.1) is 0 Å². The average molecular weight is 329 g/mol. The van der Waals surface area contributed by atoms with Crippen LogP contribution in [0.15, 0.2) is 52.9 Å². The maximum atomic E-state index is 13.5. The Balaban J connectivity index is 2.10. The zero-order valence-electron chi connectivity index (χ0n) is 12.5. The predicted octanol–water partition coefficient (Wildman–Crippen LogP) is 4.30. The molecule has 0 spiro atoms. The van der Waals surface area contributed by atoms with Crippen LogP contribution < -0.4 is 0 Å². The summed E-state index contributed by atoms with van der Waals surface area (Å²) in [6.45, 7) is 0. The molecular formula is C18H13F2NO3. The number of rotatable bonds is 5. The predicted molar refractivity (Wildman–Crippen MR) is 83.2 cm³/mol. The van der Waals surface area contributed by atoms with Crippen LogP contribution in [0.5, 0.6) is 0 Å². The summed E-state index contributed by atoms with van der Waals surface area (Å²) in [4.78, 5) is 15.0. The number of aromatic nitrogens is 1. The number of hydrogen-bond donors (Lipinski definition) is 1. The van der Waals surface area contributed by atoms with Crippen LogP contribution in [-0.2, 0) is 11.2 Å². The molecule has 0 aliphatic rings. The zero-order valence-corrected chi connectivity index (χ0v) is 12.5. The largest absolute Gasteiger partial charge is 0.481 e. The summed E-state index contributed by atoms with van der Waals surface area (Å²) in [7, 11) is 0. The minimum atomic E-state index is -0.979. The molecule has 0 amide bonds. The van der Waals surface area contributed by atoms with Crippen LogP contribution >= 0.6 is 0 Å². The first-order valence-electron chi connectivity index (χ1n) is 7.26. The summed E-state index contributed by atoms with van der Waals surface area (Å²) in [5.41, 5.74) is 1.34. The van der Waals surface area contributed by atoms with Crippen LogP contribution in [0.3, 0.4) is 0 Å². The third-order valence-corrected chi connectivity index (χ3v) is 3.40. The van der Waals surface area contributed by atoms with Crippen molar-refractivity contribution in [1.82, 2.24) is 4.98 Å². The van der Waals surface area contributed by atoms with E-state index in [9.17, 15) is 13.6 Å². The molecule has 2 aromatic carbocycles. The van der Waals surface area contributed by atoms with Crippen molar-refractivity contribution in [1.29, 1.82) is 0 Å². The highest BCUT2D eigenvalue weighted by Gasteiger charge is 2.18. The first-order chi connectivity index (χ1) is 11.5. The normalized spacial score (nSPS) is 10.8. The molecule has 1 aromatic heterocycles. The van der Waals surface area contributed by atoms with Gasteiger partial charge in [0.2, 0.25) is 0 Å². The number of carbonyl (C=O) groups is 1. The van der Waals surface area contributed by atoms with Gasteiger partial charge < -0.3 is 9.52 Å². The molecule has 0 radical (unpaired) electrons. The van der Waals surface area contributed by atoms with E-state index in [1.807, 2.05) is 6.07 Å². The first-order valence-corrected chi connectivity index (χ1v) is 7.26. The van der Waals surface area contributed by atoms with Crippen molar-refractivity contribution in [2.75, 3.05) is 0 Å². The summed E-state index contributed by atoms with van der Waals surface area (Å²) in [5.74, 6) is -2.02. The Morgan fingerprint density at radius 2 is 1.71 bits per heavy atom. The Labute approximate surface area is 136 Å². The third kappa shape index (κ3) is 3.48. The van der Waals surface area contributed by atoms with Gasteiger partial charge in [-0.3, -0.25) is 4.79 Å². The van der Waals surface area contributed by atoms with Crippen LogP contribution in [0.2, 0.25) is 0 Å². The van der Waals surface area contributed by atoms with Crippen molar-refractivity contribution in [3.05, 3.63) is 66.1 Å². The minimum Gasteiger partial charge on any atom is -0.481 e. The number of hydrogen-bond acceptors (Lipinski definition) is 3. The first kappa shape index (κ1) is 15.9. The molecule has 0 saturated carbocycles. The fraction of sp³-hybridized carbons (Fsp3) is 0.111. The van der Waals surface area contributed by atoms with Gasteiger partial charge in [-0.25, -0.2) is 13.8 Å². The van der Waals surface area contributed by atoms with Crippen LogP contribution in [-0.4, -0.2) is 16.1 Å². The highest BCUT2D eigenvalue weighted by Crippen LogP contribution is 2.33. The number of aryl methyl sites for hydroxylation is 1. The standard InChI is InChI=1S/C18H13F2NO3/c19-13-8-12(9-14(20)10-13)18-17(11-4-2-1-3-5-11)21-15(24-18)6-7-16(22)23/h1-5,8-10H,6-7H2,(H,22,23). The van der Waals surface area contributed by atoms with Crippen molar-refractivity contribution >= 4 is 5.97 Å². The fourth-order valence-electron chi connectivity index (χ4n) is 2.36. The molecule has 0 atom stereocenters. The van der Waals surface area contributed by atoms with E-state index in [4.69, 9.17) is 9.52 Å². The highest BCUT2D eigenvalue weighted by molar-refractivity contribution is 5.77. The molecule has 3 aromatic rings. The van der Waals surface area contributed by atoms with E-state index >= 15 is 0 Å². The Morgan fingerprint density at radius 1 is 1.04 bits per heavy atom. The van der Waals surface area contributed by atoms with E-state index in [2.05, 4.69) is 4.98 Å². The van der Waals surface area contributed by atoms with Crippen molar-refractivity contribution < 1.29 is 23.1 Å². The molecule has 0 bridgehead atoms. The molecule has 0 fully saturated rings. The number of halogens is 2. The van der Waals surface area contributed by atoms with Gasteiger partial charge in [0.25, 0.3) is 0 Å². The summed E-state index contributed by atoms with van der Waals surface area (Å²) in [5, 5.41) is 8.79. The van der Waals surface area contributed by atoms with Gasteiger partial charge in [0.1, 0.15) is 17.3 Å². The summed E-state index contributed by atoms with van der Waals surface area (Å²) >= 11 is 0. The summed E-state index contributed by atoms with van der Waals surface area (Å²) < 4.78 is 32.7. The van der Waals surface area contributed by atoms with Gasteiger partial charge in [0.05, 0.1) is 6.42 Å². The van der Waals surface area contributed by atoms with Crippen molar-refractivity contribution in [3.8, 4) is 22.6 Å².